The first-order valence-corrected chi connectivity index (χ1v) is 7.04. The maximum atomic E-state index is 12.1. The van der Waals surface area contributed by atoms with E-state index in [-0.39, 0.29) is 11.3 Å². The van der Waals surface area contributed by atoms with Crippen LogP contribution < -0.4 is 5.73 Å². The molecule has 0 radical (unpaired) electrons. The van der Waals surface area contributed by atoms with E-state index in [9.17, 15) is 4.79 Å². The highest BCUT2D eigenvalue weighted by molar-refractivity contribution is 5.76. The van der Waals surface area contributed by atoms with Crippen LogP contribution >= 0.6 is 0 Å². The molecular formula is C16H24N2O. The maximum absolute atomic E-state index is 12.1. The molecule has 104 valence electrons. The number of carbonyl (C=O) groups excluding carboxylic acids is 1. The summed E-state index contributed by atoms with van der Waals surface area (Å²) in [5, 5.41) is 0. The van der Waals surface area contributed by atoms with Crippen LogP contribution in [-0.4, -0.2) is 30.9 Å². The van der Waals surface area contributed by atoms with Crippen molar-refractivity contribution in [2.75, 3.05) is 20.1 Å². The van der Waals surface area contributed by atoms with Crippen LogP contribution in [0.5, 0.6) is 0 Å². The lowest BCUT2D eigenvalue weighted by Crippen LogP contribution is -2.35. The van der Waals surface area contributed by atoms with Crippen LogP contribution in [0.15, 0.2) is 24.3 Å². The summed E-state index contributed by atoms with van der Waals surface area (Å²) in [4.78, 5) is 13.9. The van der Waals surface area contributed by atoms with Gasteiger partial charge in [0.15, 0.2) is 0 Å². The summed E-state index contributed by atoms with van der Waals surface area (Å²) in [5.41, 5.74) is 8.47. The van der Waals surface area contributed by atoms with E-state index in [1.54, 1.807) is 0 Å². The first-order valence-electron chi connectivity index (χ1n) is 7.04. The van der Waals surface area contributed by atoms with Crippen molar-refractivity contribution in [3.8, 4) is 0 Å². The monoisotopic (exact) mass is 260 g/mol. The molecule has 0 atom stereocenters. The molecule has 1 amide bonds. The molecule has 1 aromatic rings. The molecule has 19 heavy (non-hydrogen) atoms. The quantitative estimate of drug-likeness (QED) is 0.851. The van der Waals surface area contributed by atoms with E-state index in [0.717, 1.165) is 13.0 Å². The third-order valence-electron chi connectivity index (χ3n) is 4.14. The summed E-state index contributed by atoms with van der Waals surface area (Å²) < 4.78 is 0. The van der Waals surface area contributed by atoms with Gasteiger partial charge in [-0.25, -0.2) is 0 Å². The molecule has 3 heteroatoms. The van der Waals surface area contributed by atoms with Gasteiger partial charge in [-0.3, -0.25) is 4.79 Å². The zero-order valence-electron chi connectivity index (χ0n) is 12.0. The van der Waals surface area contributed by atoms with E-state index < -0.39 is 0 Å². The maximum Gasteiger partial charge on any atom is 0.222 e. The van der Waals surface area contributed by atoms with Gasteiger partial charge in [0.05, 0.1) is 0 Å². The van der Waals surface area contributed by atoms with Gasteiger partial charge in [0, 0.05) is 25.4 Å². The number of rotatable bonds is 6. The van der Waals surface area contributed by atoms with Crippen molar-refractivity contribution in [1.82, 2.24) is 4.90 Å². The lowest BCUT2D eigenvalue weighted by molar-refractivity contribution is -0.130. The first kappa shape index (κ1) is 14.1. The Labute approximate surface area is 115 Å². The van der Waals surface area contributed by atoms with Crippen molar-refractivity contribution < 1.29 is 4.79 Å². The Bertz CT molecular complexity index is 435. The summed E-state index contributed by atoms with van der Waals surface area (Å²) >= 11 is 0. The highest BCUT2D eigenvalue weighted by Crippen LogP contribution is 2.44. The lowest BCUT2D eigenvalue weighted by atomic mass is 10.1. The second-order valence-electron chi connectivity index (χ2n) is 5.94. The fourth-order valence-electron chi connectivity index (χ4n) is 2.39. The van der Waals surface area contributed by atoms with Crippen molar-refractivity contribution in [2.45, 2.75) is 32.6 Å². The lowest BCUT2D eigenvalue weighted by Gasteiger charge is -2.22. The Morgan fingerprint density at radius 2 is 1.95 bits per heavy atom. The zero-order valence-corrected chi connectivity index (χ0v) is 12.0. The molecule has 1 saturated carbocycles. The molecule has 0 unspecified atom stereocenters. The van der Waals surface area contributed by atoms with Gasteiger partial charge in [0.1, 0.15) is 0 Å². The molecule has 2 N–H and O–H groups in total. The number of benzene rings is 1. The highest BCUT2D eigenvalue weighted by atomic mass is 16.2. The number of carbonyl (C=O) groups is 1. The predicted molar refractivity (Wildman–Crippen MR) is 77.9 cm³/mol. The Hall–Kier alpha value is -1.35. The van der Waals surface area contributed by atoms with Crippen LogP contribution in [0.1, 0.15) is 30.4 Å². The normalized spacial score (nSPS) is 16.2. The smallest absolute Gasteiger partial charge is 0.222 e. The van der Waals surface area contributed by atoms with E-state index in [2.05, 4.69) is 31.2 Å². The third-order valence-corrected chi connectivity index (χ3v) is 4.14. The number of amides is 1. The van der Waals surface area contributed by atoms with E-state index in [0.29, 0.717) is 13.0 Å². The molecule has 1 aliphatic rings. The van der Waals surface area contributed by atoms with Gasteiger partial charge < -0.3 is 10.6 Å². The van der Waals surface area contributed by atoms with Gasteiger partial charge >= 0.3 is 0 Å². The summed E-state index contributed by atoms with van der Waals surface area (Å²) in [6, 6.07) is 8.39. The minimum absolute atomic E-state index is 0.223. The minimum atomic E-state index is 0.223. The number of aryl methyl sites for hydroxylation is 2. The molecular weight excluding hydrogens is 236 g/mol. The fourth-order valence-corrected chi connectivity index (χ4v) is 2.39. The molecule has 1 fully saturated rings. The summed E-state index contributed by atoms with van der Waals surface area (Å²) in [5.74, 6) is 0.223. The fraction of sp³-hybridized carbons (Fsp3) is 0.562. The first-order chi connectivity index (χ1) is 9.04. The van der Waals surface area contributed by atoms with Gasteiger partial charge in [-0.05, 0) is 38.3 Å². The van der Waals surface area contributed by atoms with Gasteiger partial charge in [-0.15, -0.1) is 0 Å². The van der Waals surface area contributed by atoms with Gasteiger partial charge in [0.25, 0.3) is 0 Å². The number of hydrogen-bond donors (Lipinski definition) is 1. The van der Waals surface area contributed by atoms with E-state index >= 15 is 0 Å². The molecule has 0 heterocycles. The van der Waals surface area contributed by atoms with Crippen molar-refractivity contribution in [3.63, 3.8) is 0 Å². The molecule has 0 saturated heterocycles. The van der Waals surface area contributed by atoms with Gasteiger partial charge in [-0.1, -0.05) is 29.8 Å². The predicted octanol–water partition coefficient (Wildman–Crippen LogP) is 2.12. The number of hydrogen-bond acceptors (Lipinski definition) is 2. The SMILES string of the molecule is Cc1ccc(CCC(=O)N(C)CC2(CN)CC2)cc1. The average Bonchev–Trinajstić information content (AvgIpc) is 3.18. The number of nitrogens with zero attached hydrogens (tertiary/aromatic N) is 1. The highest BCUT2D eigenvalue weighted by Gasteiger charge is 2.42. The molecule has 0 spiro atoms. The third kappa shape index (κ3) is 3.80. The van der Waals surface area contributed by atoms with E-state index in [4.69, 9.17) is 5.73 Å². The summed E-state index contributed by atoms with van der Waals surface area (Å²) in [6.07, 6.45) is 3.73. The summed E-state index contributed by atoms with van der Waals surface area (Å²) in [7, 11) is 1.90. The van der Waals surface area contributed by atoms with Crippen molar-refractivity contribution in [2.24, 2.45) is 11.1 Å². The van der Waals surface area contributed by atoms with Crippen molar-refractivity contribution >= 4 is 5.91 Å². The molecule has 1 aliphatic carbocycles. The molecule has 0 bridgehead atoms. The second-order valence-corrected chi connectivity index (χ2v) is 5.94. The zero-order chi connectivity index (χ0) is 13.9. The van der Waals surface area contributed by atoms with E-state index in [1.807, 2.05) is 11.9 Å². The Morgan fingerprint density at radius 3 is 2.47 bits per heavy atom. The molecule has 0 aliphatic heterocycles. The second kappa shape index (κ2) is 5.74. The van der Waals surface area contributed by atoms with Gasteiger partial charge in [0.2, 0.25) is 5.91 Å². The molecule has 3 nitrogen and oxygen atoms in total. The topological polar surface area (TPSA) is 46.3 Å². The Morgan fingerprint density at radius 1 is 1.32 bits per heavy atom. The van der Waals surface area contributed by atoms with Crippen LogP contribution in [0.2, 0.25) is 0 Å². The molecule has 0 aromatic heterocycles. The van der Waals surface area contributed by atoms with Crippen molar-refractivity contribution in [1.29, 1.82) is 0 Å². The Kier molecular flexibility index (Phi) is 4.25. The van der Waals surface area contributed by atoms with Crippen LogP contribution in [-0.2, 0) is 11.2 Å². The Balaban J connectivity index is 1.79. The van der Waals surface area contributed by atoms with Crippen molar-refractivity contribution in [3.05, 3.63) is 35.4 Å². The minimum Gasteiger partial charge on any atom is -0.345 e. The largest absolute Gasteiger partial charge is 0.345 e. The van der Waals surface area contributed by atoms with Gasteiger partial charge in [-0.2, -0.15) is 0 Å². The molecule has 1 aromatic carbocycles. The number of nitrogens with two attached hydrogens (primary N) is 1. The van der Waals surface area contributed by atoms with Crippen LogP contribution in [0.4, 0.5) is 0 Å². The standard InChI is InChI=1S/C16H24N2O/c1-13-3-5-14(6-4-13)7-8-15(19)18(2)12-16(11-17)9-10-16/h3-6H,7-12,17H2,1-2H3. The van der Waals surface area contributed by atoms with E-state index in [1.165, 1.54) is 24.0 Å². The van der Waals surface area contributed by atoms with Crippen LogP contribution in [0, 0.1) is 12.3 Å². The van der Waals surface area contributed by atoms with Crippen LogP contribution in [0.3, 0.4) is 0 Å². The van der Waals surface area contributed by atoms with Crippen LogP contribution in [0.25, 0.3) is 0 Å². The summed E-state index contributed by atoms with van der Waals surface area (Å²) in [6.45, 7) is 3.59. The average molecular weight is 260 g/mol. The molecule has 2 rings (SSSR count).